The van der Waals surface area contributed by atoms with E-state index in [1.54, 1.807) is 21.1 Å². The summed E-state index contributed by atoms with van der Waals surface area (Å²) in [6, 6.07) is 5.54. The van der Waals surface area contributed by atoms with Crippen molar-refractivity contribution in [1.29, 1.82) is 0 Å². The first-order valence-electron chi connectivity index (χ1n) is 9.57. The minimum atomic E-state index is -0.553. The van der Waals surface area contributed by atoms with Gasteiger partial charge in [0.1, 0.15) is 17.3 Å². The van der Waals surface area contributed by atoms with Crippen LogP contribution in [-0.4, -0.2) is 43.2 Å². The first-order chi connectivity index (χ1) is 14.9. The van der Waals surface area contributed by atoms with Crippen molar-refractivity contribution in [3.63, 3.8) is 0 Å². The van der Waals surface area contributed by atoms with Crippen molar-refractivity contribution in [1.82, 2.24) is 9.97 Å². The number of nitrogens with zero attached hydrogens (tertiary/aromatic N) is 1. The van der Waals surface area contributed by atoms with Crippen LogP contribution in [0, 0.1) is 6.92 Å². The van der Waals surface area contributed by atoms with E-state index in [2.05, 4.69) is 9.97 Å². The van der Waals surface area contributed by atoms with Crippen molar-refractivity contribution >= 4 is 23.3 Å². The summed E-state index contributed by atoms with van der Waals surface area (Å²) in [6.45, 7) is 3.59. The molecule has 0 saturated carbocycles. The number of hydrogen-bond donors (Lipinski definition) is 1. The molecule has 1 N–H and O–H groups in total. The van der Waals surface area contributed by atoms with Crippen LogP contribution in [0.5, 0.6) is 11.5 Å². The molecule has 3 rings (SSSR count). The minimum absolute atomic E-state index is 0.0100. The molecule has 0 fully saturated rings. The molecule has 0 aliphatic heterocycles. The molecule has 2 aromatic heterocycles. The molecule has 0 bridgehead atoms. The van der Waals surface area contributed by atoms with E-state index in [1.807, 2.05) is 30.5 Å². The van der Waals surface area contributed by atoms with Crippen molar-refractivity contribution in [2.75, 3.05) is 21.3 Å². The number of aryl methyl sites for hydroxylation is 1. The molecule has 31 heavy (non-hydrogen) atoms. The van der Waals surface area contributed by atoms with Crippen molar-refractivity contribution in [2.45, 2.75) is 26.9 Å². The van der Waals surface area contributed by atoms with Gasteiger partial charge in [0.2, 0.25) is 0 Å². The van der Waals surface area contributed by atoms with Gasteiger partial charge in [-0.25, -0.2) is 14.6 Å². The van der Waals surface area contributed by atoms with Gasteiger partial charge in [-0.1, -0.05) is 6.92 Å². The summed E-state index contributed by atoms with van der Waals surface area (Å²) >= 11 is 1.44. The van der Waals surface area contributed by atoms with E-state index >= 15 is 0 Å². The molecular formula is C22H24N2O6S. The number of esters is 2. The van der Waals surface area contributed by atoms with Gasteiger partial charge in [-0.15, -0.1) is 11.3 Å². The van der Waals surface area contributed by atoms with Crippen LogP contribution in [0.4, 0.5) is 0 Å². The van der Waals surface area contributed by atoms with Gasteiger partial charge in [0.05, 0.1) is 32.6 Å². The lowest BCUT2D eigenvalue weighted by molar-refractivity contribution is 0.0461. The van der Waals surface area contributed by atoms with Gasteiger partial charge in [-0.3, -0.25) is 0 Å². The standard InChI is InChI=1S/C22H24N2O6S/c1-6-15-18(21(25)29-5)12(2)19(24-15)22(26)30-10-14-11-31-20(23-14)13-7-8-16(27-3)17(9-13)28-4/h7-9,11,24H,6,10H2,1-5H3. The summed E-state index contributed by atoms with van der Waals surface area (Å²) in [7, 11) is 4.47. The highest BCUT2D eigenvalue weighted by molar-refractivity contribution is 7.13. The van der Waals surface area contributed by atoms with Gasteiger partial charge in [0.15, 0.2) is 11.5 Å². The Labute approximate surface area is 184 Å². The zero-order valence-corrected chi connectivity index (χ0v) is 18.8. The van der Waals surface area contributed by atoms with Crippen LogP contribution >= 0.6 is 11.3 Å². The smallest absolute Gasteiger partial charge is 0.355 e. The second-order valence-electron chi connectivity index (χ2n) is 6.61. The number of aromatic amines is 1. The Balaban J connectivity index is 1.73. The van der Waals surface area contributed by atoms with E-state index < -0.39 is 11.9 Å². The summed E-state index contributed by atoms with van der Waals surface area (Å²) in [5, 5.41) is 2.60. The Morgan fingerprint density at radius 2 is 1.84 bits per heavy atom. The molecule has 0 saturated heterocycles. The van der Waals surface area contributed by atoms with Crippen LogP contribution < -0.4 is 9.47 Å². The number of methoxy groups -OCH3 is 3. The number of aromatic nitrogens is 2. The third-order valence-corrected chi connectivity index (χ3v) is 5.75. The van der Waals surface area contributed by atoms with Gasteiger partial charge in [-0.05, 0) is 37.1 Å². The number of hydrogen-bond acceptors (Lipinski definition) is 8. The van der Waals surface area contributed by atoms with Gasteiger partial charge in [0, 0.05) is 16.6 Å². The third-order valence-electron chi connectivity index (χ3n) is 4.81. The number of carbonyl (C=O) groups is 2. The van der Waals surface area contributed by atoms with Crippen LogP contribution in [0.25, 0.3) is 10.6 Å². The summed E-state index contributed by atoms with van der Waals surface area (Å²) < 4.78 is 20.8. The molecule has 0 aliphatic rings. The van der Waals surface area contributed by atoms with Crippen LogP contribution in [0.15, 0.2) is 23.6 Å². The van der Waals surface area contributed by atoms with Crippen LogP contribution in [-0.2, 0) is 22.5 Å². The average molecular weight is 445 g/mol. The lowest BCUT2D eigenvalue weighted by atomic mass is 10.1. The van der Waals surface area contributed by atoms with E-state index in [9.17, 15) is 9.59 Å². The van der Waals surface area contributed by atoms with Crippen molar-refractivity contribution < 1.29 is 28.5 Å². The molecule has 0 atom stereocenters. The van der Waals surface area contributed by atoms with E-state index in [1.165, 1.54) is 18.4 Å². The van der Waals surface area contributed by atoms with Crippen molar-refractivity contribution in [3.8, 4) is 22.1 Å². The molecule has 0 aliphatic carbocycles. The molecule has 1 aromatic carbocycles. The number of benzene rings is 1. The fraction of sp³-hybridized carbons (Fsp3) is 0.318. The number of carbonyl (C=O) groups excluding carboxylic acids is 2. The molecule has 2 heterocycles. The zero-order valence-electron chi connectivity index (χ0n) is 18.0. The molecule has 0 unspecified atom stereocenters. The third kappa shape index (κ3) is 4.56. The summed E-state index contributed by atoms with van der Waals surface area (Å²) in [5.41, 5.74) is 3.26. The zero-order chi connectivity index (χ0) is 22.5. The van der Waals surface area contributed by atoms with Gasteiger partial charge < -0.3 is 23.9 Å². The maximum atomic E-state index is 12.6. The minimum Gasteiger partial charge on any atom is -0.493 e. The van der Waals surface area contributed by atoms with Gasteiger partial charge in [-0.2, -0.15) is 0 Å². The molecule has 0 radical (unpaired) electrons. The second kappa shape index (κ2) is 9.65. The van der Waals surface area contributed by atoms with Crippen molar-refractivity contribution in [3.05, 3.63) is 51.8 Å². The van der Waals surface area contributed by atoms with E-state index in [-0.39, 0.29) is 12.3 Å². The first-order valence-corrected chi connectivity index (χ1v) is 10.4. The fourth-order valence-corrected chi connectivity index (χ4v) is 3.99. The molecule has 9 heteroatoms. The molecule has 8 nitrogen and oxygen atoms in total. The van der Waals surface area contributed by atoms with E-state index in [0.717, 1.165) is 10.6 Å². The molecule has 0 spiro atoms. The maximum Gasteiger partial charge on any atom is 0.355 e. The highest BCUT2D eigenvalue weighted by Crippen LogP contribution is 2.33. The lowest BCUT2D eigenvalue weighted by Crippen LogP contribution is -2.08. The number of nitrogens with one attached hydrogen (secondary N) is 1. The Bertz CT molecular complexity index is 1100. The quantitative estimate of drug-likeness (QED) is 0.521. The SMILES string of the molecule is CCc1[nH]c(C(=O)OCc2csc(-c3ccc(OC)c(OC)c3)n2)c(C)c1C(=O)OC. The Morgan fingerprint density at radius 3 is 2.48 bits per heavy atom. The van der Waals surface area contributed by atoms with Gasteiger partial charge in [0.25, 0.3) is 0 Å². The largest absolute Gasteiger partial charge is 0.493 e. The summed E-state index contributed by atoms with van der Waals surface area (Å²) in [5.74, 6) is 0.210. The van der Waals surface area contributed by atoms with E-state index in [0.29, 0.717) is 40.4 Å². The second-order valence-corrected chi connectivity index (χ2v) is 7.47. The molecular weight excluding hydrogens is 420 g/mol. The Hall–Kier alpha value is -3.33. The number of rotatable bonds is 8. The highest BCUT2D eigenvalue weighted by atomic mass is 32.1. The lowest BCUT2D eigenvalue weighted by Gasteiger charge is -2.08. The predicted octanol–water partition coefficient (Wildman–Crippen LogP) is 4.17. The first kappa shape index (κ1) is 22.4. The molecule has 164 valence electrons. The number of thiazole rings is 1. The topological polar surface area (TPSA) is 99.7 Å². The Kier molecular flexibility index (Phi) is 6.96. The average Bonchev–Trinajstić information content (AvgIpc) is 3.40. The van der Waals surface area contributed by atoms with Crippen LogP contribution in [0.3, 0.4) is 0 Å². The Morgan fingerprint density at radius 1 is 1.10 bits per heavy atom. The number of H-pyrrole nitrogens is 1. The molecule has 3 aromatic rings. The monoisotopic (exact) mass is 444 g/mol. The van der Waals surface area contributed by atoms with Gasteiger partial charge >= 0.3 is 11.9 Å². The number of ether oxygens (including phenoxy) is 4. The van der Waals surface area contributed by atoms with Crippen molar-refractivity contribution in [2.24, 2.45) is 0 Å². The maximum absolute atomic E-state index is 12.6. The highest BCUT2D eigenvalue weighted by Gasteiger charge is 2.24. The molecule has 0 amide bonds. The predicted molar refractivity (Wildman–Crippen MR) is 116 cm³/mol. The summed E-state index contributed by atoms with van der Waals surface area (Å²) in [6.07, 6.45) is 0.555. The van der Waals surface area contributed by atoms with E-state index in [4.69, 9.17) is 18.9 Å². The summed E-state index contributed by atoms with van der Waals surface area (Å²) in [4.78, 5) is 32.2. The fourth-order valence-electron chi connectivity index (χ4n) is 3.19. The van der Waals surface area contributed by atoms with Crippen LogP contribution in [0.1, 0.15) is 44.7 Å². The normalized spacial score (nSPS) is 10.6. The van der Waals surface area contributed by atoms with Crippen LogP contribution in [0.2, 0.25) is 0 Å².